The van der Waals surface area contributed by atoms with Crippen LogP contribution < -0.4 is 10.5 Å². The number of benzene rings is 1. The van der Waals surface area contributed by atoms with E-state index in [1.165, 1.54) is 0 Å². The Morgan fingerprint density at radius 1 is 1.48 bits per heavy atom. The SMILES string of the molecule is CCC(N)Cc1c(C)nn(C)c1Oc1cc(Br)ccc1Cl. The zero-order valence-electron chi connectivity index (χ0n) is 12.4. The highest BCUT2D eigenvalue weighted by atomic mass is 79.9. The molecule has 0 saturated heterocycles. The number of aryl methyl sites for hydroxylation is 2. The van der Waals surface area contributed by atoms with E-state index in [9.17, 15) is 0 Å². The van der Waals surface area contributed by atoms with Crippen molar-refractivity contribution in [2.75, 3.05) is 0 Å². The molecule has 114 valence electrons. The molecule has 0 fully saturated rings. The van der Waals surface area contributed by atoms with Gasteiger partial charge in [-0.25, -0.2) is 4.68 Å². The molecule has 2 N–H and O–H groups in total. The molecular formula is C15H19BrClN3O. The van der Waals surface area contributed by atoms with Crippen LogP contribution in [0.15, 0.2) is 22.7 Å². The number of nitrogens with two attached hydrogens (primary N) is 1. The first-order valence-corrected chi connectivity index (χ1v) is 8.00. The van der Waals surface area contributed by atoms with Crippen molar-refractivity contribution in [1.29, 1.82) is 0 Å². The first-order valence-electron chi connectivity index (χ1n) is 6.83. The van der Waals surface area contributed by atoms with Gasteiger partial charge in [-0.1, -0.05) is 34.5 Å². The van der Waals surface area contributed by atoms with Crippen LogP contribution in [0.4, 0.5) is 0 Å². The molecule has 21 heavy (non-hydrogen) atoms. The van der Waals surface area contributed by atoms with E-state index >= 15 is 0 Å². The summed E-state index contributed by atoms with van der Waals surface area (Å²) < 4.78 is 8.64. The fraction of sp³-hybridized carbons (Fsp3) is 0.400. The minimum absolute atomic E-state index is 0.0910. The predicted molar refractivity (Wildman–Crippen MR) is 89.1 cm³/mol. The van der Waals surface area contributed by atoms with Crippen molar-refractivity contribution in [3.8, 4) is 11.6 Å². The second-order valence-corrected chi connectivity index (χ2v) is 6.36. The summed E-state index contributed by atoms with van der Waals surface area (Å²) in [6.07, 6.45) is 1.64. The maximum absolute atomic E-state index is 6.19. The summed E-state index contributed by atoms with van der Waals surface area (Å²) in [7, 11) is 1.86. The molecule has 0 aliphatic heterocycles. The Balaban J connectivity index is 2.37. The van der Waals surface area contributed by atoms with Gasteiger partial charge in [0.15, 0.2) is 0 Å². The number of rotatable bonds is 5. The van der Waals surface area contributed by atoms with Crippen molar-refractivity contribution in [2.45, 2.75) is 32.7 Å². The van der Waals surface area contributed by atoms with Crippen molar-refractivity contribution in [3.63, 3.8) is 0 Å². The topological polar surface area (TPSA) is 53.1 Å². The van der Waals surface area contributed by atoms with Crippen molar-refractivity contribution >= 4 is 27.5 Å². The van der Waals surface area contributed by atoms with E-state index in [0.717, 1.165) is 28.6 Å². The fourth-order valence-corrected chi connectivity index (χ4v) is 2.61. The average Bonchev–Trinajstić information content (AvgIpc) is 2.69. The summed E-state index contributed by atoms with van der Waals surface area (Å²) in [5, 5.41) is 4.99. The summed E-state index contributed by atoms with van der Waals surface area (Å²) in [5.41, 5.74) is 8.04. The van der Waals surface area contributed by atoms with Gasteiger partial charge in [0.05, 0.1) is 10.7 Å². The Hall–Kier alpha value is -1.04. The molecule has 1 atom stereocenters. The van der Waals surface area contributed by atoms with Gasteiger partial charge < -0.3 is 10.5 Å². The van der Waals surface area contributed by atoms with Crippen molar-refractivity contribution in [2.24, 2.45) is 12.8 Å². The van der Waals surface area contributed by atoms with Gasteiger partial charge >= 0.3 is 0 Å². The molecular weight excluding hydrogens is 354 g/mol. The molecule has 2 rings (SSSR count). The minimum atomic E-state index is 0.0910. The van der Waals surface area contributed by atoms with E-state index in [4.69, 9.17) is 22.1 Å². The van der Waals surface area contributed by atoms with Gasteiger partial charge in [-0.2, -0.15) is 5.10 Å². The van der Waals surface area contributed by atoms with Crippen LogP contribution in [0, 0.1) is 6.92 Å². The van der Waals surface area contributed by atoms with Crippen LogP contribution in [0.25, 0.3) is 0 Å². The molecule has 1 unspecified atom stereocenters. The van der Waals surface area contributed by atoms with Gasteiger partial charge in [0.1, 0.15) is 5.75 Å². The molecule has 0 aliphatic carbocycles. The fourth-order valence-electron chi connectivity index (χ4n) is 2.11. The normalized spacial score (nSPS) is 12.5. The largest absolute Gasteiger partial charge is 0.437 e. The van der Waals surface area contributed by atoms with Crippen LogP contribution in [-0.4, -0.2) is 15.8 Å². The third-order valence-corrected chi connectivity index (χ3v) is 4.18. The molecule has 2 aromatic rings. The van der Waals surface area contributed by atoms with Gasteiger partial charge in [0, 0.05) is 23.1 Å². The number of hydrogen-bond donors (Lipinski definition) is 1. The molecule has 1 aromatic carbocycles. The van der Waals surface area contributed by atoms with Crippen LogP contribution in [0.2, 0.25) is 5.02 Å². The van der Waals surface area contributed by atoms with Crippen LogP contribution >= 0.6 is 27.5 Å². The Kier molecular flexibility index (Phi) is 5.30. The molecule has 0 aliphatic rings. The zero-order chi connectivity index (χ0) is 15.6. The number of aromatic nitrogens is 2. The standard InChI is InChI=1S/C15H19BrClN3O/c1-4-11(18)8-12-9(2)19-20(3)15(12)21-14-7-10(16)5-6-13(14)17/h5-7,11H,4,8,18H2,1-3H3. The van der Waals surface area contributed by atoms with Gasteiger partial charge in [-0.15, -0.1) is 0 Å². The quantitative estimate of drug-likeness (QED) is 0.855. The van der Waals surface area contributed by atoms with Crippen molar-refractivity contribution in [1.82, 2.24) is 9.78 Å². The summed E-state index contributed by atoms with van der Waals surface area (Å²) in [6, 6.07) is 5.60. The Morgan fingerprint density at radius 3 is 2.86 bits per heavy atom. The Bertz CT molecular complexity index is 642. The predicted octanol–water partition coefficient (Wildman–Crippen LogP) is 4.22. The van der Waals surface area contributed by atoms with Crippen LogP contribution in [0.3, 0.4) is 0 Å². The monoisotopic (exact) mass is 371 g/mol. The number of ether oxygens (including phenoxy) is 1. The van der Waals surface area contributed by atoms with E-state index in [1.54, 1.807) is 10.7 Å². The first kappa shape index (κ1) is 16.3. The van der Waals surface area contributed by atoms with Gasteiger partial charge in [0.2, 0.25) is 5.88 Å². The van der Waals surface area contributed by atoms with E-state index in [2.05, 4.69) is 28.0 Å². The molecule has 0 amide bonds. The first-order chi connectivity index (χ1) is 9.92. The maximum Gasteiger partial charge on any atom is 0.221 e. The van der Waals surface area contributed by atoms with E-state index in [-0.39, 0.29) is 6.04 Å². The van der Waals surface area contributed by atoms with Crippen LogP contribution in [0.5, 0.6) is 11.6 Å². The van der Waals surface area contributed by atoms with E-state index in [1.807, 2.05) is 26.1 Å². The molecule has 0 spiro atoms. The smallest absolute Gasteiger partial charge is 0.221 e. The average molecular weight is 373 g/mol. The van der Waals surface area contributed by atoms with Gasteiger partial charge in [-0.3, -0.25) is 0 Å². The number of halogens is 2. The maximum atomic E-state index is 6.19. The third kappa shape index (κ3) is 3.78. The highest BCUT2D eigenvalue weighted by Crippen LogP contribution is 2.34. The lowest BCUT2D eigenvalue weighted by atomic mass is 10.1. The highest BCUT2D eigenvalue weighted by Gasteiger charge is 2.18. The zero-order valence-corrected chi connectivity index (χ0v) is 14.7. The molecule has 1 aromatic heterocycles. The van der Waals surface area contributed by atoms with Gasteiger partial charge in [-0.05, 0) is 38.0 Å². The molecule has 4 nitrogen and oxygen atoms in total. The second kappa shape index (κ2) is 6.81. The summed E-state index contributed by atoms with van der Waals surface area (Å²) >= 11 is 9.61. The van der Waals surface area contributed by atoms with Crippen molar-refractivity contribution < 1.29 is 4.74 Å². The summed E-state index contributed by atoms with van der Waals surface area (Å²) in [5.74, 6) is 1.29. The lowest BCUT2D eigenvalue weighted by Crippen LogP contribution is -2.21. The minimum Gasteiger partial charge on any atom is -0.437 e. The summed E-state index contributed by atoms with van der Waals surface area (Å²) in [4.78, 5) is 0. The molecule has 0 saturated carbocycles. The molecule has 0 bridgehead atoms. The van der Waals surface area contributed by atoms with E-state index in [0.29, 0.717) is 16.7 Å². The van der Waals surface area contributed by atoms with Crippen LogP contribution in [-0.2, 0) is 13.5 Å². The van der Waals surface area contributed by atoms with Crippen LogP contribution in [0.1, 0.15) is 24.6 Å². The molecule has 1 heterocycles. The Labute approximate surface area is 138 Å². The molecule has 0 radical (unpaired) electrons. The molecule has 6 heteroatoms. The second-order valence-electron chi connectivity index (χ2n) is 5.04. The third-order valence-electron chi connectivity index (χ3n) is 3.38. The summed E-state index contributed by atoms with van der Waals surface area (Å²) in [6.45, 7) is 4.04. The Morgan fingerprint density at radius 2 is 2.19 bits per heavy atom. The van der Waals surface area contributed by atoms with Crippen molar-refractivity contribution in [3.05, 3.63) is 39.0 Å². The lowest BCUT2D eigenvalue weighted by Gasteiger charge is -2.13. The highest BCUT2D eigenvalue weighted by molar-refractivity contribution is 9.10. The van der Waals surface area contributed by atoms with E-state index < -0.39 is 0 Å². The number of hydrogen-bond acceptors (Lipinski definition) is 3. The lowest BCUT2D eigenvalue weighted by molar-refractivity contribution is 0.423. The number of nitrogens with zero attached hydrogens (tertiary/aromatic N) is 2. The van der Waals surface area contributed by atoms with Gasteiger partial charge in [0.25, 0.3) is 0 Å².